The van der Waals surface area contributed by atoms with Gasteiger partial charge in [-0.3, -0.25) is 19.5 Å². The molecule has 1 fully saturated rings. The fourth-order valence-corrected chi connectivity index (χ4v) is 5.04. The first-order valence-corrected chi connectivity index (χ1v) is 15.0. The summed E-state index contributed by atoms with van der Waals surface area (Å²) in [6, 6.07) is 11.7. The fraction of sp³-hybridized carbons (Fsp3) is 0.400. The van der Waals surface area contributed by atoms with Crippen LogP contribution >= 0.6 is 11.6 Å². The predicted octanol–water partition coefficient (Wildman–Crippen LogP) is 3.72. The number of carboxylic acids is 2. The van der Waals surface area contributed by atoms with E-state index < -0.39 is 48.0 Å². The summed E-state index contributed by atoms with van der Waals surface area (Å²) in [5, 5.41) is 28.5. The highest BCUT2D eigenvalue weighted by molar-refractivity contribution is 6.39. The number of carbonyl (C=O) groups excluding carboxylic acids is 2. The number of nitrogens with two attached hydrogens (primary N) is 2. The summed E-state index contributed by atoms with van der Waals surface area (Å²) >= 11 is 5.68. The fourth-order valence-electron chi connectivity index (χ4n) is 4.93. The average Bonchev–Trinajstić information content (AvgIpc) is 3.37. The molecule has 8 N–H and O–H groups in total. The van der Waals surface area contributed by atoms with Gasteiger partial charge >= 0.3 is 36.1 Å². The SMILES string of the molecule is N#CC1CCN(Cc2ccc3c(c2)C[C@H](CN=C(N)N)[C@H]3NC(=O)C(=O)Nc2ccc(Cl)c(F)c2)CC1.O=C(O)C(F)(F)F.O=C(O)C(F)(F)F. The molecular formula is C30H31ClF7N7O6. The smallest absolute Gasteiger partial charge is 0.475 e. The number of carbonyl (C=O) groups is 4. The van der Waals surface area contributed by atoms with E-state index in [4.69, 9.17) is 48.1 Å². The van der Waals surface area contributed by atoms with Crippen LogP contribution in [0.25, 0.3) is 0 Å². The normalized spacial score (nSPS) is 17.2. The molecule has 1 saturated heterocycles. The van der Waals surface area contributed by atoms with Crippen LogP contribution in [0.2, 0.25) is 5.02 Å². The van der Waals surface area contributed by atoms with Gasteiger partial charge in [0.05, 0.1) is 17.1 Å². The van der Waals surface area contributed by atoms with Crippen molar-refractivity contribution in [2.45, 2.75) is 44.2 Å². The monoisotopic (exact) mass is 753 g/mol. The molecule has 13 nitrogen and oxygen atoms in total. The van der Waals surface area contributed by atoms with Crippen LogP contribution in [0.4, 0.5) is 36.4 Å². The molecule has 2 aromatic carbocycles. The third-order valence-corrected chi connectivity index (χ3v) is 7.64. The summed E-state index contributed by atoms with van der Waals surface area (Å²) in [6.07, 6.45) is -7.78. The number of aliphatic carboxylic acids is 2. The topological polar surface area (TPSA) is 224 Å². The number of benzene rings is 2. The van der Waals surface area contributed by atoms with E-state index in [-0.39, 0.29) is 35.1 Å². The van der Waals surface area contributed by atoms with E-state index in [1.54, 1.807) is 0 Å². The number of guanidine groups is 1. The van der Waals surface area contributed by atoms with Crippen LogP contribution in [0.5, 0.6) is 0 Å². The van der Waals surface area contributed by atoms with Crippen molar-refractivity contribution in [3.8, 4) is 6.07 Å². The lowest BCUT2D eigenvalue weighted by Crippen LogP contribution is -2.40. The molecule has 0 spiro atoms. The largest absolute Gasteiger partial charge is 0.490 e. The Morgan fingerprint density at radius 1 is 0.961 bits per heavy atom. The first-order valence-electron chi connectivity index (χ1n) is 14.6. The number of nitrogens with one attached hydrogen (secondary N) is 2. The molecule has 0 saturated carbocycles. The molecule has 1 aliphatic carbocycles. The van der Waals surface area contributed by atoms with Gasteiger partial charge in [-0.1, -0.05) is 29.8 Å². The zero-order valence-corrected chi connectivity index (χ0v) is 26.9. The summed E-state index contributed by atoms with van der Waals surface area (Å²) in [7, 11) is 0. The summed E-state index contributed by atoms with van der Waals surface area (Å²) in [6.45, 7) is 2.82. The van der Waals surface area contributed by atoms with Gasteiger partial charge in [0.15, 0.2) is 5.96 Å². The Bertz CT molecular complexity index is 1630. The standard InChI is InChI=1S/C26H29ClFN7O2.2C2HF3O2/c27-21-4-2-19(11-22(21)28)33-24(36)25(37)34-23-18(13-32-26(30)31)10-17-9-16(1-3-20(17)23)14-35-7-5-15(12-29)6-8-35;2*3-2(4,5)1(6)7/h1-4,9,11,15,18,23H,5-8,10,13-14H2,(H,33,36)(H,34,37)(H4,30,31,32);2*(H,6,7)/t18-,23-;;/m1../s1. The molecule has 2 aromatic rings. The van der Waals surface area contributed by atoms with Crippen molar-refractivity contribution in [2.24, 2.45) is 28.3 Å². The Morgan fingerprint density at radius 3 is 2.02 bits per heavy atom. The Morgan fingerprint density at radius 2 is 1.53 bits per heavy atom. The van der Waals surface area contributed by atoms with Crippen molar-refractivity contribution in [1.29, 1.82) is 5.26 Å². The van der Waals surface area contributed by atoms with E-state index in [0.717, 1.165) is 55.2 Å². The molecule has 278 valence electrons. The van der Waals surface area contributed by atoms with Crippen molar-refractivity contribution >= 4 is 47.0 Å². The molecule has 0 unspecified atom stereocenters. The molecular weight excluding hydrogens is 723 g/mol. The van der Waals surface area contributed by atoms with Crippen LogP contribution in [-0.2, 0) is 32.1 Å². The van der Waals surface area contributed by atoms with Gasteiger partial charge in [0.1, 0.15) is 5.82 Å². The van der Waals surface area contributed by atoms with Gasteiger partial charge in [0, 0.05) is 30.6 Å². The highest BCUT2D eigenvalue weighted by Gasteiger charge is 2.39. The second-order valence-corrected chi connectivity index (χ2v) is 11.5. The lowest BCUT2D eigenvalue weighted by Gasteiger charge is -2.29. The van der Waals surface area contributed by atoms with Crippen LogP contribution in [0, 0.1) is 29.0 Å². The first kappa shape index (κ1) is 42.0. The molecule has 0 radical (unpaired) electrons. The third kappa shape index (κ3) is 13.6. The van der Waals surface area contributed by atoms with Crippen LogP contribution in [0.15, 0.2) is 41.4 Å². The Labute approximate surface area is 290 Å². The number of halogens is 8. The zero-order chi connectivity index (χ0) is 38.7. The minimum absolute atomic E-state index is 0.0509. The molecule has 4 rings (SSSR count). The number of fused-ring (bicyclic) bond motifs is 1. The quantitative estimate of drug-likeness (QED) is 0.109. The van der Waals surface area contributed by atoms with E-state index in [1.165, 1.54) is 12.1 Å². The van der Waals surface area contributed by atoms with Crippen molar-refractivity contribution < 1.29 is 60.1 Å². The van der Waals surface area contributed by atoms with Crippen LogP contribution in [0.3, 0.4) is 0 Å². The maximum Gasteiger partial charge on any atom is 0.490 e. The summed E-state index contributed by atoms with van der Waals surface area (Å²) in [5.41, 5.74) is 14.3. The van der Waals surface area contributed by atoms with Gasteiger partial charge in [-0.25, -0.2) is 14.0 Å². The van der Waals surface area contributed by atoms with Gasteiger partial charge < -0.3 is 32.3 Å². The van der Waals surface area contributed by atoms with Crippen molar-refractivity contribution in [3.05, 3.63) is 63.9 Å². The molecule has 0 bridgehead atoms. The second kappa shape index (κ2) is 18.2. The lowest BCUT2D eigenvalue weighted by molar-refractivity contribution is -0.193. The third-order valence-electron chi connectivity index (χ3n) is 7.34. The highest BCUT2D eigenvalue weighted by atomic mass is 35.5. The maximum absolute atomic E-state index is 13.7. The van der Waals surface area contributed by atoms with Crippen molar-refractivity contribution in [1.82, 2.24) is 10.2 Å². The number of nitriles is 1. The number of nitrogens with zero attached hydrogens (tertiary/aromatic N) is 3. The lowest BCUT2D eigenvalue weighted by atomic mass is 9.97. The van der Waals surface area contributed by atoms with E-state index in [0.29, 0.717) is 6.42 Å². The number of piperidine rings is 1. The summed E-state index contributed by atoms with van der Waals surface area (Å²) in [5.74, 6) is -8.06. The Hall–Kier alpha value is -5.16. The van der Waals surface area contributed by atoms with E-state index in [2.05, 4.69) is 32.7 Å². The predicted molar refractivity (Wildman–Crippen MR) is 166 cm³/mol. The van der Waals surface area contributed by atoms with E-state index in [9.17, 15) is 40.3 Å². The molecule has 51 heavy (non-hydrogen) atoms. The molecule has 2 atom stereocenters. The number of alkyl halides is 6. The maximum atomic E-state index is 13.7. The highest BCUT2D eigenvalue weighted by Crippen LogP contribution is 2.37. The number of aliphatic imine (C=N–C) groups is 1. The number of hydrogen-bond acceptors (Lipinski definition) is 7. The molecule has 21 heteroatoms. The number of carboxylic acid groups (broad SMARTS) is 2. The summed E-state index contributed by atoms with van der Waals surface area (Å²) in [4.78, 5) is 49.6. The molecule has 1 heterocycles. The second-order valence-electron chi connectivity index (χ2n) is 11.1. The number of anilines is 1. The van der Waals surface area contributed by atoms with Gasteiger partial charge in [0.25, 0.3) is 0 Å². The van der Waals surface area contributed by atoms with E-state index in [1.807, 2.05) is 12.1 Å². The minimum Gasteiger partial charge on any atom is -0.475 e. The Balaban J connectivity index is 0.000000543. The van der Waals surface area contributed by atoms with E-state index >= 15 is 0 Å². The number of amides is 2. The molecule has 0 aromatic heterocycles. The van der Waals surface area contributed by atoms with Crippen LogP contribution in [-0.4, -0.2) is 76.8 Å². The zero-order valence-electron chi connectivity index (χ0n) is 26.2. The van der Waals surface area contributed by atoms with Crippen molar-refractivity contribution in [2.75, 3.05) is 25.0 Å². The molecule has 1 aliphatic heterocycles. The van der Waals surface area contributed by atoms with Gasteiger partial charge in [0.2, 0.25) is 0 Å². The van der Waals surface area contributed by atoms with Crippen LogP contribution < -0.4 is 22.1 Å². The average molecular weight is 754 g/mol. The van der Waals surface area contributed by atoms with Crippen LogP contribution in [0.1, 0.15) is 35.6 Å². The van der Waals surface area contributed by atoms with Gasteiger partial charge in [-0.05, 0) is 67.2 Å². The molecule has 2 aliphatic rings. The number of rotatable bonds is 6. The minimum atomic E-state index is -5.08. The number of hydrogen-bond donors (Lipinski definition) is 6. The first-order chi connectivity index (χ1) is 23.6. The number of likely N-dealkylation sites (tertiary alicyclic amines) is 1. The van der Waals surface area contributed by atoms with Crippen molar-refractivity contribution in [3.63, 3.8) is 0 Å². The van der Waals surface area contributed by atoms with Gasteiger partial charge in [-0.15, -0.1) is 0 Å². The molecule has 2 amide bonds. The summed E-state index contributed by atoms with van der Waals surface area (Å²) < 4.78 is 77.2. The van der Waals surface area contributed by atoms with Gasteiger partial charge in [-0.2, -0.15) is 31.6 Å². The Kier molecular flexibility index (Phi) is 15.0.